The second-order valence-electron chi connectivity index (χ2n) is 8.77. The molecule has 0 fully saturated rings. The van der Waals surface area contributed by atoms with E-state index in [-0.39, 0.29) is 0 Å². The zero-order chi connectivity index (χ0) is 23.9. The predicted molar refractivity (Wildman–Crippen MR) is 136 cm³/mol. The summed E-state index contributed by atoms with van der Waals surface area (Å²) >= 11 is 0. The Bertz CT molecular complexity index is 1100. The Morgan fingerprint density at radius 1 is 0.765 bits per heavy atom. The molecule has 0 aromatic heterocycles. The molecule has 0 spiro atoms. The van der Waals surface area contributed by atoms with Gasteiger partial charge in [-0.05, 0) is 90.9 Å². The van der Waals surface area contributed by atoms with E-state index in [1.54, 1.807) is 28.4 Å². The molecule has 0 aliphatic heterocycles. The molecular formula is C29H35NO4. The minimum Gasteiger partial charge on any atom is -0.497 e. The van der Waals surface area contributed by atoms with Crippen LogP contribution in [0.4, 0.5) is 0 Å². The van der Waals surface area contributed by atoms with Gasteiger partial charge in [-0.2, -0.15) is 0 Å². The van der Waals surface area contributed by atoms with Crippen molar-refractivity contribution in [3.05, 3.63) is 82.9 Å². The second-order valence-corrected chi connectivity index (χ2v) is 8.77. The van der Waals surface area contributed by atoms with E-state index in [1.807, 2.05) is 12.1 Å². The van der Waals surface area contributed by atoms with E-state index in [9.17, 15) is 0 Å². The van der Waals surface area contributed by atoms with E-state index in [2.05, 4.69) is 53.8 Å². The molecule has 2 unspecified atom stereocenters. The first-order valence-electron chi connectivity index (χ1n) is 11.9. The molecule has 0 saturated heterocycles. The first-order chi connectivity index (χ1) is 16.6. The molecule has 0 saturated carbocycles. The standard InChI is InChI=1S/C29H35NO4/c1-31-23-7-5-6-21(16-23)17-26-25-11-10-24(32-2)19-22(25)9-12-27(26)30-15-14-20-8-13-28(33-3)29(18-20)34-4/h5-8,10-11,13,16,18-19,26-27,30H,9,12,14-15,17H2,1-4H3. The lowest BCUT2D eigenvalue weighted by molar-refractivity contribution is 0.354. The third kappa shape index (κ3) is 5.48. The third-order valence-corrected chi connectivity index (χ3v) is 6.82. The zero-order valence-electron chi connectivity index (χ0n) is 20.6. The number of fused-ring (bicyclic) bond motifs is 1. The van der Waals surface area contributed by atoms with Gasteiger partial charge >= 0.3 is 0 Å². The van der Waals surface area contributed by atoms with Crippen molar-refractivity contribution < 1.29 is 18.9 Å². The highest BCUT2D eigenvalue weighted by atomic mass is 16.5. The average molecular weight is 462 g/mol. The summed E-state index contributed by atoms with van der Waals surface area (Å²) in [5, 5.41) is 3.87. The van der Waals surface area contributed by atoms with Gasteiger partial charge in [-0.1, -0.05) is 24.3 Å². The van der Waals surface area contributed by atoms with Crippen LogP contribution < -0.4 is 24.3 Å². The van der Waals surface area contributed by atoms with E-state index in [1.165, 1.54) is 22.3 Å². The number of benzene rings is 3. The van der Waals surface area contributed by atoms with Gasteiger partial charge in [-0.25, -0.2) is 0 Å². The molecule has 5 heteroatoms. The van der Waals surface area contributed by atoms with E-state index >= 15 is 0 Å². The van der Waals surface area contributed by atoms with Crippen LogP contribution in [-0.2, 0) is 19.3 Å². The van der Waals surface area contributed by atoms with Crippen LogP contribution in [0.1, 0.15) is 34.6 Å². The topological polar surface area (TPSA) is 49.0 Å². The first kappa shape index (κ1) is 24.0. The van der Waals surface area contributed by atoms with Gasteiger partial charge in [0.1, 0.15) is 11.5 Å². The number of rotatable bonds is 10. The Morgan fingerprint density at radius 2 is 1.56 bits per heavy atom. The van der Waals surface area contributed by atoms with Gasteiger partial charge in [0, 0.05) is 12.0 Å². The molecule has 5 nitrogen and oxygen atoms in total. The summed E-state index contributed by atoms with van der Waals surface area (Å²) in [5.41, 5.74) is 5.33. The summed E-state index contributed by atoms with van der Waals surface area (Å²) in [4.78, 5) is 0. The van der Waals surface area contributed by atoms with Crippen molar-refractivity contribution in [1.29, 1.82) is 0 Å². The molecule has 2 atom stereocenters. The molecule has 0 amide bonds. The molecule has 1 N–H and O–H groups in total. The number of hydrogen-bond donors (Lipinski definition) is 1. The quantitative estimate of drug-likeness (QED) is 0.450. The molecule has 0 heterocycles. The second kappa shape index (κ2) is 11.3. The van der Waals surface area contributed by atoms with Crippen LogP contribution in [-0.4, -0.2) is 41.0 Å². The molecule has 34 heavy (non-hydrogen) atoms. The summed E-state index contributed by atoms with van der Waals surface area (Å²) < 4.78 is 21.8. The van der Waals surface area contributed by atoms with Crippen molar-refractivity contribution in [1.82, 2.24) is 5.32 Å². The molecule has 180 valence electrons. The molecule has 0 radical (unpaired) electrons. The lowest BCUT2D eigenvalue weighted by Crippen LogP contribution is -2.40. The number of hydrogen-bond acceptors (Lipinski definition) is 5. The Balaban J connectivity index is 1.51. The van der Waals surface area contributed by atoms with Crippen LogP contribution in [0.5, 0.6) is 23.0 Å². The minimum absolute atomic E-state index is 0.382. The highest BCUT2D eigenvalue weighted by Gasteiger charge is 2.29. The van der Waals surface area contributed by atoms with Crippen LogP contribution in [0.15, 0.2) is 60.7 Å². The van der Waals surface area contributed by atoms with Crippen LogP contribution in [0.25, 0.3) is 0 Å². The molecule has 1 aliphatic rings. The normalized spacial score (nSPS) is 17.1. The van der Waals surface area contributed by atoms with Crippen molar-refractivity contribution >= 4 is 0 Å². The number of methoxy groups -OCH3 is 4. The van der Waals surface area contributed by atoms with Crippen molar-refractivity contribution in [3.63, 3.8) is 0 Å². The minimum atomic E-state index is 0.382. The molecule has 1 aliphatic carbocycles. The molecular weight excluding hydrogens is 426 g/mol. The van der Waals surface area contributed by atoms with Gasteiger partial charge in [-0.3, -0.25) is 0 Å². The number of ether oxygens (including phenoxy) is 4. The Kier molecular flexibility index (Phi) is 7.96. The highest BCUT2D eigenvalue weighted by molar-refractivity contribution is 5.43. The van der Waals surface area contributed by atoms with Gasteiger partial charge in [0.05, 0.1) is 28.4 Å². The van der Waals surface area contributed by atoms with Crippen LogP contribution in [0.2, 0.25) is 0 Å². The maximum Gasteiger partial charge on any atom is 0.160 e. The third-order valence-electron chi connectivity index (χ3n) is 6.82. The van der Waals surface area contributed by atoms with Crippen molar-refractivity contribution in [2.75, 3.05) is 35.0 Å². The van der Waals surface area contributed by atoms with Crippen LogP contribution in [0, 0.1) is 0 Å². The van der Waals surface area contributed by atoms with E-state index in [4.69, 9.17) is 18.9 Å². The largest absolute Gasteiger partial charge is 0.497 e. The lowest BCUT2D eigenvalue weighted by atomic mass is 9.76. The van der Waals surface area contributed by atoms with Crippen LogP contribution >= 0.6 is 0 Å². The smallest absolute Gasteiger partial charge is 0.160 e. The van der Waals surface area contributed by atoms with E-state index in [0.29, 0.717) is 12.0 Å². The number of aryl methyl sites for hydroxylation is 1. The average Bonchev–Trinajstić information content (AvgIpc) is 2.89. The van der Waals surface area contributed by atoms with Crippen molar-refractivity contribution in [2.24, 2.45) is 0 Å². The summed E-state index contributed by atoms with van der Waals surface area (Å²) in [6.07, 6.45) is 4.04. The van der Waals surface area contributed by atoms with Gasteiger partial charge in [0.2, 0.25) is 0 Å². The van der Waals surface area contributed by atoms with E-state index in [0.717, 1.165) is 55.2 Å². The fraction of sp³-hybridized carbons (Fsp3) is 0.379. The summed E-state index contributed by atoms with van der Waals surface area (Å²) in [6.45, 7) is 0.903. The Morgan fingerprint density at radius 3 is 2.32 bits per heavy atom. The lowest BCUT2D eigenvalue weighted by Gasteiger charge is -2.35. The maximum absolute atomic E-state index is 5.49. The number of nitrogens with one attached hydrogen (secondary N) is 1. The Labute approximate surface area is 203 Å². The van der Waals surface area contributed by atoms with Gasteiger partial charge in [0.15, 0.2) is 11.5 Å². The summed E-state index contributed by atoms with van der Waals surface area (Å²) in [5.74, 6) is 3.75. The van der Waals surface area contributed by atoms with E-state index < -0.39 is 0 Å². The van der Waals surface area contributed by atoms with Crippen LogP contribution in [0.3, 0.4) is 0 Å². The molecule has 4 rings (SSSR count). The monoisotopic (exact) mass is 461 g/mol. The molecule has 3 aromatic rings. The molecule has 0 bridgehead atoms. The fourth-order valence-electron chi connectivity index (χ4n) is 5.00. The van der Waals surface area contributed by atoms with Gasteiger partial charge in [-0.15, -0.1) is 0 Å². The van der Waals surface area contributed by atoms with Crippen molar-refractivity contribution in [2.45, 2.75) is 37.6 Å². The first-order valence-corrected chi connectivity index (χ1v) is 11.9. The summed E-state index contributed by atoms with van der Waals surface area (Å²) in [7, 11) is 6.80. The van der Waals surface area contributed by atoms with Gasteiger partial charge < -0.3 is 24.3 Å². The van der Waals surface area contributed by atoms with Crippen molar-refractivity contribution in [3.8, 4) is 23.0 Å². The summed E-state index contributed by atoms with van der Waals surface area (Å²) in [6, 6.07) is 21.5. The maximum atomic E-state index is 5.49. The fourth-order valence-corrected chi connectivity index (χ4v) is 5.00. The molecule has 3 aromatic carbocycles. The zero-order valence-corrected chi connectivity index (χ0v) is 20.6. The SMILES string of the molecule is COc1cccc(CC2c3ccc(OC)cc3CCC2NCCc2ccc(OC)c(OC)c2)c1. The van der Waals surface area contributed by atoms with Gasteiger partial charge in [0.25, 0.3) is 0 Å². The highest BCUT2D eigenvalue weighted by Crippen LogP contribution is 2.37. The Hall–Kier alpha value is -3.18. The predicted octanol–water partition coefficient (Wildman–Crippen LogP) is 5.19.